The summed E-state index contributed by atoms with van der Waals surface area (Å²) in [7, 11) is 0. The van der Waals surface area contributed by atoms with Crippen molar-refractivity contribution >= 4 is 0 Å². The van der Waals surface area contributed by atoms with Gasteiger partial charge in [0, 0.05) is 18.8 Å². The van der Waals surface area contributed by atoms with Gasteiger partial charge in [-0.25, -0.2) is 4.98 Å². The van der Waals surface area contributed by atoms with Crippen LogP contribution in [0.1, 0.15) is 32.0 Å². The van der Waals surface area contributed by atoms with E-state index in [1.807, 2.05) is 12.5 Å². The van der Waals surface area contributed by atoms with Gasteiger partial charge in [-0.2, -0.15) is 0 Å². The molecule has 0 aromatic carbocycles. The van der Waals surface area contributed by atoms with Crippen molar-refractivity contribution in [2.75, 3.05) is 0 Å². The van der Waals surface area contributed by atoms with E-state index in [1.165, 1.54) is 0 Å². The Kier molecular flexibility index (Phi) is 2.65. The highest BCUT2D eigenvalue weighted by atomic mass is 15.1. The molecule has 0 fully saturated rings. The lowest BCUT2D eigenvalue weighted by Crippen LogP contribution is -2.13. The first-order chi connectivity index (χ1) is 5.29. The van der Waals surface area contributed by atoms with Crippen LogP contribution in [0.3, 0.4) is 0 Å². The summed E-state index contributed by atoms with van der Waals surface area (Å²) in [5, 5.41) is 0. The summed E-state index contributed by atoms with van der Waals surface area (Å²) in [6.07, 6.45) is 4.63. The van der Waals surface area contributed by atoms with E-state index in [0.717, 1.165) is 18.7 Å². The number of hydrogen-bond acceptors (Lipinski definition) is 2. The third kappa shape index (κ3) is 1.60. The number of nitrogens with two attached hydrogens (primary N) is 1. The Morgan fingerprint density at radius 3 is 2.91 bits per heavy atom. The normalized spacial score (nSPS) is 13.4. The zero-order valence-corrected chi connectivity index (χ0v) is 7.12. The zero-order valence-electron chi connectivity index (χ0n) is 7.12. The summed E-state index contributed by atoms with van der Waals surface area (Å²) in [6.45, 7) is 5.12. The lowest BCUT2D eigenvalue weighted by Gasteiger charge is -2.10. The fourth-order valence-corrected chi connectivity index (χ4v) is 1.11. The molecule has 0 aliphatic rings. The smallest absolute Gasteiger partial charge is 0.0948 e. The van der Waals surface area contributed by atoms with Gasteiger partial charge in [-0.05, 0) is 13.3 Å². The van der Waals surface area contributed by atoms with Crippen LogP contribution in [0, 0.1) is 0 Å². The molecule has 1 rings (SSSR count). The van der Waals surface area contributed by atoms with Crippen molar-refractivity contribution in [3.8, 4) is 0 Å². The molecular formula is C8H15N3. The van der Waals surface area contributed by atoms with E-state index in [-0.39, 0.29) is 6.04 Å². The number of nitrogens with zero attached hydrogens (tertiary/aromatic N) is 2. The molecule has 0 aliphatic heterocycles. The van der Waals surface area contributed by atoms with E-state index in [2.05, 4.69) is 23.4 Å². The largest absolute Gasteiger partial charge is 0.333 e. The summed E-state index contributed by atoms with van der Waals surface area (Å²) in [4.78, 5) is 4.04. The van der Waals surface area contributed by atoms with Gasteiger partial charge in [0.05, 0.1) is 12.0 Å². The first kappa shape index (κ1) is 8.27. The van der Waals surface area contributed by atoms with E-state index < -0.39 is 0 Å². The number of hydrogen-bond donors (Lipinski definition) is 1. The second kappa shape index (κ2) is 3.53. The molecule has 3 heteroatoms. The van der Waals surface area contributed by atoms with Crippen LogP contribution in [-0.2, 0) is 6.54 Å². The van der Waals surface area contributed by atoms with E-state index in [1.54, 1.807) is 0 Å². The van der Waals surface area contributed by atoms with Crippen molar-refractivity contribution in [2.24, 2.45) is 5.73 Å². The number of rotatable bonds is 3. The molecule has 0 unspecified atom stereocenters. The van der Waals surface area contributed by atoms with Crippen molar-refractivity contribution in [3.63, 3.8) is 0 Å². The molecular weight excluding hydrogens is 138 g/mol. The van der Waals surface area contributed by atoms with Gasteiger partial charge in [0.15, 0.2) is 0 Å². The monoisotopic (exact) mass is 153 g/mol. The maximum Gasteiger partial charge on any atom is 0.0948 e. The van der Waals surface area contributed by atoms with Gasteiger partial charge in [0.2, 0.25) is 0 Å². The molecule has 0 saturated carbocycles. The molecule has 0 aliphatic carbocycles. The summed E-state index contributed by atoms with van der Waals surface area (Å²) >= 11 is 0. The van der Waals surface area contributed by atoms with Crippen molar-refractivity contribution < 1.29 is 0 Å². The van der Waals surface area contributed by atoms with Gasteiger partial charge in [0.1, 0.15) is 0 Å². The van der Waals surface area contributed by atoms with Crippen LogP contribution in [0.2, 0.25) is 0 Å². The number of aromatic nitrogens is 2. The molecule has 0 saturated heterocycles. The Morgan fingerprint density at radius 2 is 2.36 bits per heavy atom. The maximum absolute atomic E-state index is 5.85. The highest BCUT2D eigenvalue weighted by Crippen LogP contribution is 2.12. The van der Waals surface area contributed by atoms with Crippen LogP contribution in [0.4, 0.5) is 0 Å². The molecule has 1 heterocycles. The highest BCUT2D eigenvalue weighted by molar-refractivity contribution is 5.03. The van der Waals surface area contributed by atoms with Gasteiger partial charge in [-0.15, -0.1) is 0 Å². The molecule has 1 atom stereocenters. The van der Waals surface area contributed by atoms with Gasteiger partial charge in [-0.1, -0.05) is 6.92 Å². The first-order valence-electron chi connectivity index (χ1n) is 4.05. The van der Waals surface area contributed by atoms with Gasteiger partial charge in [0.25, 0.3) is 0 Å². The Morgan fingerprint density at radius 1 is 1.64 bits per heavy atom. The van der Waals surface area contributed by atoms with Gasteiger partial charge in [-0.3, -0.25) is 0 Å². The van der Waals surface area contributed by atoms with Crippen LogP contribution in [0.25, 0.3) is 0 Å². The molecule has 0 radical (unpaired) electrons. The quantitative estimate of drug-likeness (QED) is 0.711. The van der Waals surface area contributed by atoms with Crippen molar-refractivity contribution in [1.29, 1.82) is 0 Å². The Labute approximate surface area is 67.2 Å². The van der Waals surface area contributed by atoms with Crippen molar-refractivity contribution in [2.45, 2.75) is 32.9 Å². The maximum atomic E-state index is 5.85. The Bertz CT molecular complexity index is 217. The molecule has 3 nitrogen and oxygen atoms in total. The molecule has 0 amide bonds. The van der Waals surface area contributed by atoms with Crippen LogP contribution in [-0.4, -0.2) is 9.55 Å². The average Bonchev–Trinajstić information content (AvgIpc) is 2.50. The summed E-state index contributed by atoms with van der Waals surface area (Å²) in [5.74, 6) is 0. The van der Waals surface area contributed by atoms with Gasteiger partial charge < -0.3 is 10.3 Å². The lowest BCUT2D eigenvalue weighted by molar-refractivity contribution is 0.608. The topological polar surface area (TPSA) is 43.8 Å². The minimum Gasteiger partial charge on any atom is -0.333 e. The first-order valence-corrected chi connectivity index (χ1v) is 4.05. The molecule has 2 N–H and O–H groups in total. The minimum atomic E-state index is 0.137. The van der Waals surface area contributed by atoms with Crippen LogP contribution in [0.5, 0.6) is 0 Å². The summed E-state index contributed by atoms with van der Waals surface area (Å²) in [6, 6.07) is 0.137. The minimum absolute atomic E-state index is 0.137. The molecule has 0 bridgehead atoms. The summed E-state index contributed by atoms with van der Waals surface area (Å²) in [5.41, 5.74) is 6.99. The molecule has 1 aromatic rings. The number of imidazole rings is 1. The Hall–Kier alpha value is -0.830. The number of aryl methyl sites for hydroxylation is 1. The fourth-order valence-electron chi connectivity index (χ4n) is 1.11. The molecule has 11 heavy (non-hydrogen) atoms. The molecule has 62 valence electrons. The van der Waals surface area contributed by atoms with Crippen LogP contribution in [0.15, 0.2) is 12.5 Å². The van der Waals surface area contributed by atoms with Crippen molar-refractivity contribution in [3.05, 3.63) is 18.2 Å². The lowest BCUT2D eigenvalue weighted by atomic mass is 10.2. The SMILES string of the molecule is CC[C@@H](N)c1cncn1CC. The molecule has 0 spiro atoms. The Balaban J connectivity index is 2.83. The second-order valence-corrected chi connectivity index (χ2v) is 2.62. The van der Waals surface area contributed by atoms with Crippen molar-refractivity contribution in [1.82, 2.24) is 9.55 Å². The van der Waals surface area contributed by atoms with E-state index >= 15 is 0 Å². The zero-order chi connectivity index (χ0) is 8.27. The second-order valence-electron chi connectivity index (χ2n) is 2.62. The van der Waals surface area contributed by atoms with E-state index in [4.69, 9.17) is 5.73 Å². The third-order valence-corrected chi connectivity index (χ3v) is 1.90. The summed E-state index contributed by atoms with van der Waals surface area (Å²) < 4.78 is 2.08. The standard InChI is InChI=1S/C8H15N3/c1-3-7(9)8-5-10-6-11(8)4-2/h5-7H,3-4,9H2,1-2H3/t7-/m1/s1. The third-order valence-electron chi connectivity index (χ3n) is 1.90. The van der Waals surface area contributed by atoms with Crippen LogP contribution >= 0.6 is 0 Å². The van der Waals surface area contributed by atoms with Crippen LogP contribution < -0.4 is 5.73 Å². The predicted molar refractivity (Wildman–Crippen MR) is 45.1 cm³/mol. The fraction of sp³-hybridized carbons (Fsp3) is 0.625. The average molecular weight is 153 g/mol. The van der Waals surface area contributed by atoms with Gasteiger partial charge >= 0.3 is 0 Å². The highest BCUT2D eigenvalue weighted by Gasteiger charge is 2.07. The molecule has 1 aromatic heterocycles. The van der Waals surface area contributed by atoms with E-state index in [9.17, 15) is 0 Å². The van der Waals surface area contributed by atoms with E-state index in [0.29, 0.717) is 0 Å². The predicted octanol–water partition coefficient (Wildman–Crippen LogP) is 1.31.